The smallest absolute Gasteiger partial charge is 0.242 e. The van der Waals surface area contributed by atoms with Gasteiger partial charge in [0.1, 0.15) is 10.7 Å². The Balaban J connectivity index is 2.13. The molecule has 20 heavy (non-hydrogen) atoms. The molecule has 0 amide bonds. The van der Waals surface area contributed by atoms with E-state index in [0.717, 1.165) is 37.8 Å². The number of sulfonamides is 1. The zero-order chi connectivity index (χ0) is 14.8. The van der Waals surface area contributed by atoms with E-state index in [2.05, 4.69) is 4.72 Å². The van der Waals surface area contributed by atoms with Crippen LogP contribution in [-0.4, -0.2) is 14.5 Å². The Labute approximate surface area is 119 Å². The van der Waals surface area contributed by atoms with Gasteiger partial charge in [-0.1, -0.05) is 19.3 Å². The van der Waals surface area contributed by atoms with Crippen molar-refractivity contribution in [1.29, 1.82) is 0 Å². The van der Waals surface area contributed by atoms with Gasteiger partial charge in [0.05, 0.1) is 5.69 Å². The normalized spacial score (nSPS) is 18.9. The second-order valence-corrected chi connectivity index (χ2v) is 7.17. The lowest BCUT2D eigenvalue weighted by Crippen LogP contribution is -2.39. The molecule has 2 rings (SSSR count). The van der Waals surface area contributed by atoms with E-state index in [1.807, 2.05) is 6.92 Å². The molecule has 0 aliphatic heterocycles. The first-order valence-corrected chi connectivity index (χ1v) is 8.46. The Kier molecular flexibility index (Phi) is 4.65. The molecule has 0 heterocycles. The first-order chi connectivity index (χ1) is 9.40. The van der Waals surface area contributed by atoms with Crippen LogP contribution < -0.4 is 10.5 Å². The molecule has 3 N–H and O–H groups in total. The van der Waals surface area contributed by atoms with E-state index < -0.39 is 15.8 Å². The van der Waals surface area contributed by atoms with E-state index in [4.69, 9.17) is 5.73 Å². The Morgan fingerprint density at radius 1 is 1.30 bits per heavy atom. The largest absolute Gasteiger partial charge is 0.398 e. The Bertz CT molecular complexity index is 569. The van der Waals surface area contributed by atoms with Gasteiger partial charge in [-0.3, -0.25) is 0 Å². The zero-order valence-corrected chi connectivity index (χ0v) is 12.4. The minimum atomic E-state index is -3.70. The summed E-state index contributed by atoms with van der Waals surface area (Å²) in [6, 6.07) is 3.21. The molecule has 4 nitrogen and oxygen atoms in total. The van der Waals surface area contributed by atoms with Gasteiger partial charge in [0.2, 0.25) is 10.0 Å². The van der Waals surface area contributed by atoms with Crippen molar-refractivity contribution in [2.24, 2.45) is 5.92 Å². The summed E-state index contributed by atoms with van der Waals surface area (Å²) in [7, 11) is -3.70. The zero-order valence-electron chi connectivity index (χ0n) is 11.6. The molecule has 0 radical (unpaired) electrons. The maximum atomic E-state index is 13.0. The van der Waals surface area contributed by atoms with Crippen molar-refractivity contribution in [2.45, 2.75) is 50.0 Å². The molecule has 1 atom stereocenters. The highest BCUT2D eigenvalue weighted by atomic mass is 32.2. The number of nitrogen functional groups attached to an aromatic ring is 1. The highest BCUT2D eigenvalue weighted by molar-refractivity contribution is 7.89. The topological polar surface area (TPSA) is 72.2 Å². The second kappa shape index (κ2) is 6.10. The standard InChI is InChI=1S/C14H21FN2O2S/c1-10(11-5-3-2-4-6-11)17-20(18,19)14-8-7-12(15)9-13(14)16/h7-11,17H,2-6,16H2,1H3. The molecule has 6 heteroatoms. The lowest BCUT2D eigenvalue weighted by molar-refractivity contribution is 0.303. The van der Waals surface area contributed by atoms with Crippen LogP contribution >= 0.6 is 0 Å². The quantitative estimate of drug-likeness (QED) is 0.840. The lowest BCUT2D eigenvalue weighted by atomic mass is 9.85. The summed E-state index contributed by atoms with van der Waals surface area (Å²) in [6.45, 7) is 1.88. The number of benzene rings is 1. The van der Waals surface area contributed by atoms with Crippen LogP contribution in [0, 0.1) is 11.7 Å². The highest BCUT2D eigenvalue weighted by Crippen LogP contribution is 2.27. The van der Waals surface area contributed by atoms with Crippen molar-refractivity contribution in [3.63, 3.8) is 0 Å². The lowest BCUT2D eigenvalue weighted by Gasteiger charge is -2.28. The molecule has 1 aromatic rings. The molecular formula is C14H21FN2O2S. The molecule has 1 fully saturated rings. The molecule has 1 aliphatic rings. The predicted molar refractivity (Wildman–Crippen MR) is 77.2 cm³/mol. The Hall–Kier alpha value is -1.14. The predicted octanol–water partition coefficient (Wildman–Crippen LogP) is 2.66. The first kappa shape index (κ1) is 15.3. The third-order valence-electron chi connectivity index (χ3n) is 3.96. The van der Waals surface area contributed by atoms with Gasteiger partial charge in [-0.2, -0.15) is 0 Å². The summed E-state index contributed by atoms with van der Waals surface area (Å²) < 4.78 is 40.3. The van der Waals surface area contributed by atoms with E-state index in [-0.39, 0.29) is 16.6 Å². The summed E-state index contributed by atoms with van der Waals surface area (Å²) in [6.07, 6.45) is 5.61. The monoisotopic (exact) mass is 300 g/mol. The SMILES string of the molecule is CC(NS(=O)(=O)c1ccc(F)cc1N)C1CCCCC1. The Morgan fingerprint density at radius 3 is 2.55 bits per heavy atom. The third kappa shape index (κ3) is 3.49. The van der Waals surface area contributed by atoms with Gasteiger partial charge >= 0.3 is 0 Å². The highest BCUT2D eigenvalue weighted by Gasteiger charge is 2.26. The number of nitrogens with two attached hydrogens (primary N) is 1. The maximum absolute atomic E-state index is 13.0. The van der Waals surface area contributed by atoms with Gasteiger partial charge in [0.15, 0.2) is 0 Å². The van der Waals surface area contributed by atoms with Crippen LogP contribution in [-0.2, 0) is 10.0 Å². The van der Waals surface area contributed by atoms with Crippen LogP contribution in [0.4, 0.5) is 10.1 Å². The molecule has 1 saturated carbocycles. The fourth-order valence-electron chi connectivity index (χ4n) is 2.80. The molecule has 1 unspecified atom stereocenters. The van der Waals surface area contributed by atoms with Gasteiger partial charge in [-0.15, -0.1) is 0 Å². The van der Waals surface area contributed by atoms with Crippen LogP contribution in [0.3, 0.4) is 0 Å². The number of hydrogen-bond donors (Lipinski definition) is 2. The van der Waals surface area contributed by atoms with Gasteiger partial charge in [-0.05, 0) is 43.9 Å². The Morgan fingerprint density at radius 2 is 1.95 bits per heavy atom. The molecule has 1 aliphatic carbocycles. The molecule has 1 aromatic carbocycles. The summed E-state index contributed by atoms with van der Waals surface area (Å²) in [4.78, 5) is -0.0541. The fourth-order valence-corrected chi connectivity index (χ4v) is 4.23. The molecule has 0 bridgehead atoms. The fraction of sp³-hybridized carbons (Fsp3) is 0.571. The van der Waals surface area contributed by atoms with E-state index in [0.29, 0.717) is 5.92 Å². The second-order valence-electron chi connectivity index (χ2n) is 5.49. The van der Waals surface area contributed by atoms with E-state index >= 15 is 0 Å². The number of anilines is 1. The van der Waals surface area contributed by atoms with Crippen molar-refractivity contribution in [2.75, 3.05) is 5.73 Å². The van der Waals surface area contributed by atoms with Gasteiger partial charge < -0.3 is 5.73 Å². The summed E-state index contributed by atoms with van der Waals surface area (Å²) >= 11 is 0. The van der Waals surface area contributed by atoms with Crippen LogP contribution in [0.25, 0.3) is 0 Å². The average molecular weight is 300 g/mol. The van der Waals surface area contributed by atoms with E-state index in [1.54, 1.807) is 0 Å². The minimum absolute atomic E-state index is 0.0541. The van der Waals surface area contributed by atoms with Crippen LogP contribution in [0.5, 0.6) is 0 Å². The van der Waals surface area contributed by atoms with Crippen molar-refractivity contribution in [3.8, 4) is 0 Å². The number of rotatable bonds is 4. The van der Waals surface area contributed by atoms with Crippen LogP contribution in [0.2, 0.25) is 0 Å². The molecule has 0 aromatic heterocycles. The van der Waals surface area contributed by atoms with Gasteiger partial charge in [0.25, 0.3) is 0 Å². The van der Waals surface area contributed by atoms with Crippen molar-refractivity contribution in [1.82, 2.24) is 4.72 Å². The third-order valence-corrected chi connectivity index (χ3v) is 5.59. The van der Waals surface area contributed by atoms with Gasteiger partial charge in [-0.25, -0.2) is 17.5 Å². The minimum Gasteiger partial charge on any atom is -0.398 e. The summed E-state index contributed by atoms with van der Waals surface area (Å²) in [5.74, 6) is -0.179. The van der Waals surface area contributed by atoms with Gasteiger partial charge in [0, 0.05) is 6.04 Å². The van der Waals surface area contributed by atoms with E-state index in [1.165, 1.54) is 12.5 Å². The number of nitrogens with one attached hydrogen (secondary N) is 1. The molecule has 0 saturated heterocycles. The first-order valence-electron chi connectivity index (χ1n) is 6.97. The molecular weight excluding hydrogens is 279 g/mol. The van der Waals surface area contributed by atoms with Crippen molar-refractivity contribution < 1.29 is 12.8 Å². The maximum Gasteiger partial charge on any atom is 0.242 e. The average Bonchev–Trinajstić information content (AvgIpc) is 2.38. The van der Waals surface area contributed by atoms with Crippen molar-refractivity contribution >= 4 is 15.7 Å². The molecule has 112 valence electrons. The number of hydrogen-bond acceptors (Lipinski definition) is 3. The van der Waals surface area contributed by atoms with Crippen LogP contribution in [0.1, 0.15) is 39.0 Å². The van der Waals surface area contributed by atoms with Crippen molar-refractivity contribution in [3.05, 3.63) is 24.0 Å². The number of halogens is 1. The van der Waals surface area contributed by atoms with E-state index in [9.17, 15) is 12.8 Å². The molecule has 0 spiro atoms. The van der Waals surface area contributed by atoms with Crippen LogP contribution in [0.15, 0.2) is 23.1 Å². The summed E-state index contributed by atoms with van der Waals surface area (Å²) in [5, 5.41) is 0. The summed E-state index contributed by atoms with van der Waals surface area (Å²) in [5.41, 5.74) is 5.54.